The Morgan fingerprint density at radius 3 is 2.60 bits per heavy atom. The number of carbonyl (C=O) groups excluding carboxylic acids is 2. The quantitative estimate of drug-likeness (QED) is 0.481. The second-order valence-electron chi connectivity index (χ2n) is 2.86. The summed E-state index contributed by atoms with van der Waals surface area (Å²) in [6.45, 7) is 0. The maximum Gasteiger partial charge on any atom is 0.176 e. The molecule has 0 aromatic heterocycles. The number of alkyl halides is 1. The lowest BCUT2D eigenvalue weighted by Crippen LogP contribution is -2.15. The highest BCUT2D eigenvalue weighted by atomic mass is 79.9. The number of carbonyl (C=O) groups is 2. The Bertz CT molecular complexity index is 393. The molecule has 15 heavy (non-hydrogen) atoms. The van der Waals surface area contributed by atoms with Crippen molar-refractivity contribution in [2.45, 2.75) is 11.2 Å². The molecule has 1 aromatic rings. The molecule has 0 N–H and O–H groups in total. The molecule has 2 nitrogen and oxygen atoms in total. The molecule has 0 bridgehead atoms. The maximum absolute atomic E-state index is 12.8. The van der Waals surface area contributed by atoms with E-state index in [1.807, 2.05) is 0 Å². The lowest BCUT2D eigenvalue weighted by molar-refractivity contribution is -0.107. The molecular weight excluding hydrogens is 270 g/mol. The smallest absolute Gasteiger partial charge is 0.176 e. The molecule has 0 aliphatic rings. The van der Waals surface area contributed by atoms with Crippen LogP contribution in [0.4, 0.5) is 8.78 Å². The van der Waals surface area contributed by atoms with Gasteiger partial charge in [0.05, 0.1) is 4.83 Å². The molecule has 1 rings (SSSR count). The van der Waals surface area contributed by atoms with Gasteiger partial charge < -0.3 is 4.79 Å². The molecule has 0 spiro atoms. The zero-order valence-electron chi connectivity index (χ0n) is 7.54. The molecule has 1 aromatic carbocycles. The van der Waals surface area contributed by atoms with Gasteiger partial charge in [-0.05, 0) is 18.2 Å². The number of hydrogen-bond acceptors (Lipinski definition) is 2. The molecule has 0 amide bonds. The number of hydrogen-bond donors (Lipinski definition) is 0. The molecule has 1 atom stereocenters. The van der Waals surface area contributed by atoms with Crippen LogP contribution in [-0.4, -0.2) is 16.9 Å². The van der Waals surface area contributed by atoms with E-state index in [0.29, 0.717) is 6.29 Å². The molecule has 5 heteroatoms. The van der Waals surface area contributed by atoms with Gasteiger partial charge in [0.1, 0.15) is 6.29 Å². The maximum atomic E-state index is 12.8. The fraction of sp³-hybridized carbons (Fsp3) is 0.200. The highest BCUT2D eigenvalue weighted by Gasteiger charge is 2.17. The van der Waals surface area contributed by atoms with Gasteiger partial charge in [-0.25, -0.2) is 8.78 Å². The van der Waals surface area contributed by atoms with Crippen LogP contribution in [0.25, 0.3) is 0 Å². The van der Waals surface area contributed by atoms with Crippen molar-refractivity contribution < 1.29 is 18.4 Å². The van der Waals surface area contributed by atoms with Crippen molar-refractivity contribution in [3.05, 3.63) is 35.4 Å². The Hall–Kier alpha value is -1.10. The second-order valence-corrected chi connectivity index (χ2v) is 3.97. The van der Waals surface area contributed by atoms with E-state index in [0.717, 1.165) is 12.1 Å². The van der Waals surface area contributed by atoms with Crippen LogP contribution in [0.15, 0.2) is 18.2 Å². The predicted molar refractivity (Wildman–Crippen MR) is 54.1 cm³/mol. The van der Waals surface area contributed by atoms with E-state index >= 15 is 0 Å². The summed E-state index contributed by atoms with van der Waals surface area (Å²) in [4.78, 5) is 21.0. The van der Waals surface area contributed by atoms with Crippen LogP contribution in [-0.2, 0) is 4.79 Å². The van der Waals surface area contributed by atoms with Gasteiger partial charge in [-0.2, -0.15) is 0 Å². The highest BCUT2D eigenvalue weighted by molar-refractivity contribution is 9.10. The third-order valence-electron chi connectivity index (χ3n) is 1.79. The second kappa shape index (κ2) is 5.11. The first-order valence-corrected chi connectivity index (χ1v) is 5.04. The van der Waals surface area contributed by atoms with Gasteiger partial charge in [0.25, 0.3) is 0 Å². The zero-order chi connectivity index (χ0) is 11.4. The minimum Gasteiger partial charge on any atom is -0.303 e. The predicted octanol–water partition coefficient (Wildman–Crippen LogP) is 2.50. The number of aldehydes is 1. The topological polar surface area (TPSA) is 34.1 Å². The van der Waals surface area contributed by atoms with Crippen LogP contribution in [0.1, 0.15) is 16.8 Å². The average Bonchev–Trinajstić information content (AvgIpc) is 2.21. The zero-order valence-corrected chi connectivity index (χ0v) is 9.13. The molecule has 0 aliphatic carbocycles. The van der Waals surface area contributed by atoms with Gasteiger partial charge in [-0.3, -0.25) is 4.79 Å². The monoisotopic (exact) mass is 276 g/mol. The minimum atomic E-state index is -1.08. The van der Waals surface area contributed by atoms with Crippen molar-refractivity contribution in [3.63, 3.8) is 0 Å². The van der Waals surface area contributed by atoms with E-state index in [4.69, 9.17) is 0 Å². The van der Waals surface area contributed by atoms with Gasteiger partial charge in [0.2, 0.25) is 0 Å². The third-order valence-corrected chi connectivity index (χ3v) is 2.58. The molecule has 80 valence electrons. The Balaban J connectivity index is 2.91. The van der Waals surface area contributed by atoms with Crippen LogP contribution in [0, 0.1) is 11.6 Å². The van der Waals surface area contributed by atoms with E-state index in [1.165, 1.54) is 6.07 Å². The SMILES string of the molecule is O=CCC(Br)C(=O)c1ccc(F)c(F)c1. The van der Waals surface area contributed by atoms with E-state index in [2.05, 4.69) is 15.9 Å². The van der Waals surface area contributed by atoms with Crippen molar-refractivity contribution in [2.75, 3.05) is 0 Å². The third kappa shape index (κ3) is 2.92. The van der Waals surface area contributed by atoms with Crippen LogP contribution >= 0.6 is 15.9 Å². The van der Waals surface area contributed by atoms with Crippen molar-refractivity contribution in [1.29, 1.82) is 0 Å². The lowest BCUT2D eigenvalue weighted by atomic mass is 10.1. The van der Waals surface area contributed by atoms with Gasteiger partial charge >= 0.3 is 0 Å². The van der Waals surface area contributed by atoms with E-state index in [9.17, 15) is 18.4 Å². The fourth-order valence-electron chi connectivity index (χ4n) is 1.02. The molecule has 1 unspecified atom stereocenters. The molecular formula is C10H7BrF2O2. The Morgan fingerprint density at radius 1 is 1.40 bits per heavy atom. The number of halogens is 3. The summed E-state index contributed by atoms with van der Waals surface area (Å²) in [6.07, 6.45) is 0.578. The molecule has 0 heterocycles. The normalized spacial score (nSPS) is 12.2. The van der Waals surface area contributed by atoms with Crippen LogP contribution in [0.5, 0.6) is 0 Å². The van der Waals surface area contributed by atoms with Gasteiger partial charge in [0.15, 0.2) is 17.4 Å². The summed E-state index contributed by atoms with van der Waals surface area (Å²) < 4.78 is 25.3. The van der Waals surface area contributed by atoms with Crippen LogP contribution in [0.3, 0.4) is 0 Å². The first-order valence-electron chi connectivity index (χ1n) is 4.13. The van der Waals surface area contributed by atoms with Crippen molar-refractivity contribution >= 4 is 28.0 Å². The van der Waals surface area contributed by atoms with E-state index in [-0.39, 0.29) is 12.0 Å². The van der Waals surface area contributed by atoms with E-state index in [1.54, 1.807) is 0 Å². The summed E-state index contributed by atoms with van der Waals surface area (Å²) in [5, 5.41) is 0. The standard InChI is InChI=1S/C10H7BrF2O2/c11-7(3-4-14)10(15)6-1-2-8(12)9(13)5-6/h1-2,4-5,7H,3H2. The van der Waals surface area contributed by atoms with Gasteiger partial charge in [-0.15, -0.1) is 0 Å². The van der Waals surface area contributed by atoms with Gasteiger partial charge in [0, 0.05) is 12.0 Å². The number of ketones is 1. The lowest BCUT2D eigenvalue weighted by Gasteiger charge is -2.05. The number of rotatable bonds is 4. The summed E-state index contributed by atoms with van der Waals surface area (Å²) in [6, 6.07) is 2.87. The molecule has 0 radical (unpaired) electrons. The molecule has 0 saturated carbocycles. The van der Waals surface area contributed by atoms with Crippen LogP contribution in [0.2, 0.25) is 0 Å². The minimum absolute atomic E-state index is 0.00215. The number of Topliss-reactive ketones (excluding diaryl/α,β-unsaturated/α-hetero) is 1. The van der Waals surface area contributed by atoms with E-state index < -0.39 is 22.2 Å². The average molecular weight is 277 g/mol. The molecule has 0 fully saturated rings. The Morgan fingerprint density at radius 2 is 2.07 bits per heavy atom. The van der Waals surface area contributed by atoms with Crippen molar-refractivity contribution in [3.8, 4) is 0 Å². The summed E-state index contributed by atoms with van der Waals surface area (Å²) in [5.41, 5.74) is 0.0395. The highest BCUT2D eigenvalue weighted by Crippen LogP contribution is 2.15. The fourth-order valence-corrected chi connectivity index (χ4v) is 1.44. The summed E-state index contributed by atoms with van der Waals surface area (Å²) >= 11 is 2.99. The van der Waals surface area contributed by atoms with Crippen molar-refractivity contribution in [2.24, 2.45) is 0 Å². The van der Waals surface area contributed by atoms with Crippen molar-refractivity contribution in [1.82, 2.24) is 0 Å². The number of benzene rings is 1. The first kappa shape index (κ1) is 12.0. The largest absolute Gasteiger partial charge is 0.303 e. The summed E-state index contributed by atoms with van der Waals surface area (Å²) in [7, 11) is 0. The molecule has 0 aliphatic heterocycles. The molecule has 0 saturated heterocycles. The van der Waals surface area contributed by atoms with Crippen LogP contribution < -0.4 is 0 Å². The Kier molecular flexibility index (Phi) is 4.08. The van der Waals surface area contributed by atoms with Gasteiger partial charge in [-0.1, -0.05) is 15.9 Å². The first-order chi connectivity index (χ1) is 7.06. The Labute approximate surface area is 93.4 Å². The summed E-state index contributed by atoms with van der Waals surface area (Å²) in [5.74, 6) is -2.53.